The van der Waals surface area contributed by atoms with Gasteiger partial charge >= 0.3 is 6.03 Å². The fraction of sp³-hybridized carbons (Fsp3) is 0.417. The van der Waals surface area contributed by atoms with E-state index in [4.69, 9.17) is 4.74 Å². The Morgan fingerprint density at radius 2 is 2.19 bits per heavy atom. The lowest BCUT2D eigenvalue weighted by molar-refractivity contribution is -0.0151. The lowest BCUT2D eigenvalue weighted by Crippen LogP contribution is -2.46. The molecule has 0 radical (unpaired) electrons. The van der Waals surface area contributed by atoms with Crippen molar-refractivity contribution in [2.75, 3.05) is 26.7 Å². The molecule has 1 fully saturated rings. The molecule has 1 saturated heterocycles. The van der Waals surface area contributed by atoms with Gasteiger partial charge in [-0.2, -0.15) is 0 Å². The van der Waals surface area contributed by atoms with Gasteiger partial charge in [0, 0.05) is 13.6 Å². The van der Waals surface area contributed by atoms with Crippen molar-refractivity contribution in [3.8, 4) is 0 Å². The van der Waals surface area contributed by atoms with Crippen molar-refractivity contribution in [2.45, 2.75) is 6.10 Å². The molecule has 2 amide bonds. The van der Waals surface area contributed by atoms with Crippen LogP contribution in [0.1, 0.15) is 11.7 Å². The first-order chi connectivity index (χ1) is 7.81. The van der Waals surface area contributed by atoms with Gasteiger partial charge in [0.15, 0.2) is 0 Å². The molecule has 4 nitrogen and oxygen atoms in total. The predicted octanol–water partition coefficient (Wildman–Crippen LogP) is 1.40. The van der Waals surface area contributed by atoms with Gasteiger partial charge in [0.05, 0.1) is 13.2 Å². The van der Waals surface area contributed by atoms with Crippen LogP contribution in [-0.2, 0) is 4.74 Å². The largest absolute Gasteiger partial charge is 0.370 e. The van der Waals surface area contributed by atoms with Gasteiger partial charge in [0.1, 0.15) is 6.10 Å². The van der Waals surface area contributed by atoms with Crippen molar-refractivity contribution >= 4 is 6.03 Å². The number of nitrogens with one attached hydrogen (secondary N) is 1. The van der Waals surface area contributed by atoms with Crippen LogP contribution in [-0.4, -0.2) is 37.7 Å². The Bertz CT molecular complexity index is 353. The number of hydrogen-bond acceptors (Lipinski definition) is 2. The Balaban J connectivity index is 2.05. The van der Waals surface area contributed by atoms with E-state index in [1.54, 1.807) is 11.9 Å². The SMILES string of the molecule is CNC(=O)N1CCOC(c2ccccc2)C1. The molecule has 1 heterocycles. The molecule has 16 heavy (non-hydrogen) atoms. The van der Waals surface area contributed by atoms with Gasteiger partial charge in [0.2, 0.25) is 0 Å². The average molecular weight is 220 g/mol. The molecule has 4 heteroatoms. The normalized spacial score (nSPS) is 20.6. The number of morpholine rings is 1. The second-order valence-electron chi connectivity index (χ2n) is 3.77. The number of ether oxygens (including phenoxy) is 1. The Morgan fingerprint density at radius 1 is 1.44 bits per heavy atom. The summed E-state index contributed by atoms with van der Waals surface area (Å²) >= 11 is 0. The van der Waals surface area contributed by atoms with Crippen molar-refractivity contribution in [1.29, 1.82) is 0 Å². The topological polar surface area (TPSA) is 41.6 Å². The third kappa shape index (κ3) is 2.33. The van der Waals surface area contributed by atoms with Crippen LogP contribution in [0.2, 0.25) is 0 Å². The fourth-order valence-corrected chi connectivity index (χ4v) is 1.86. The Kier molecular flexibility index (Phi) is 3.41. The highest BCUT2D eigenvalue weighted by atomic mass is 16.5. The van der Waals surface area contributed by atoms with Crippen LogP contribution in [0.25, 0.3) is 0 Å². The summed E-state index contributed by atoms with van der Waals surface area (Å²) in [5.41, 5.74) is 1.12. The molecule has 0 aromatic heterocycles. The number of nitrogens with zero attached hydrogens (tertiary/aromatic N) is 1. The van der Waals surface area contributed by atoms with Gasteiger partial charge in [-0.25, -0.2) is 4.79 Å². The van der Waals surface area contributed by atoms with E-state index in [2.05, 4.69) is 5.32 Å². The van der Waals surface area contributed by atoms with E-state index in [-0.39, 0.29) is 12.1 Å². The number of rotatable bonds is 1. The van der Waals surface area contributed by atoms with Gasteiger partial charge in [-0.3, -0.25) is 0 Å². The first kappa shape index (κ1) is 11.0. The van der Waals surface area contributed by atoms with Crippen LogP contribution >= 0.6 is 0 Å². The summed E-state index contributed by atoms with van der Waals surface area (Å²) in [6.45, 7) is 1.86. The number of urea groups is 1. The number of carbonyl (C=O) groups is 1. The van der Waals surface area contributed by atoms with E-state index in [0.717, 1.165) is 5.56 Å². The van der Waals surface area contributed by atoms with Crippen molar-refractivity contribution in [2.24, 2.45) is 0 Å². The number of benzene rings is 1. The molecule has 1 aromatic rings. The van der Waals surface area contributed by atoms with Crippen molar-refractivity contribution in [3.05, 3.63) is 35.9 Å². The highest BCUT2D eigenvalue weighted by molar-refractivity contribution is 5.73. The Hall–Kier alpha value is -1.55. The van der Waals surface area contributed by atoms with Crippen molar-refractivity contribution < 1.29 is 9.53 Å². The molecular weight excluding hydrogens is 204 g/mol. The van der Waals surface area contributed by atoms with E-state index in [1.807, 2.05) is 30.3 Å². The standard InChI is InChI=1S/C12H16N2O2/c1-13-12(15)14-7-8-16-11(9-14)10-5-3-2-4-6-10/h2-6,11H,7-9H2,1H3,(H,13,15). The summed E-state index contributed by atoms with van der Waals surface area (Å²) in [4.78, 5) is 13.3. The fourth-order valence-electron chi connectivity index (χ4n) is 1.86. The summed E-state index contributed by atoms with van der Waals surface area (Å²) in [5, 5.41) is 2.64. The highest BCUT2D eigenvalue weighted by Crippen LogP contribution is 2.21. The average Bonchev–Trinajstić information content (AvgIpc) is 2.39. The number of amides is 2. The molecule has 1 aliphatic rings. The van der Waals surface area contributed by atoms with Crippen LogP contribution in [0.3, 0.4) is 0 Å². The van der Waals surface area contributed by atoms with E-state index >= 15 is 0 Å². The van der Waals surface area contributed by atoms with Gasteiger partial charge < -0.3 is 15.0 Å². The molecule has 1 aliphatic heterocycles. The second-order valence-corrected chi connectivity index (χ2v) is 3.77. The van der Waals surface area contributed by atoms with Crippen LogP contribution in [0.4, 0.5) is 4.79 Å². The van der Waals surface area contributed by atoms with Crippen LogP contribution in [0.5, 0.6) is 0 Å². The minimum Gasteiger partial charge on any atom is -0.370 e. The van der Waals surface area contributed by atoms with Gasteiger partial charge in [-0.05, 0) is 5.56 Å². The van der Waals surface area contributed by atoms with Crippen LogP contribution in [0, 0.1) is 0 Å². The first-order valence-corrected chi connectivity index (χ1v) is 5.44. The summed E-state index contributed by atoms with van der Waals surface area (Å²) in [6, 6.07) is 9.96. The molecule has 86 valence electrons. The lowest BCUT2D eigenvalue weighted by Gasteiger charge is -2.32. The quantitative estimate of drug-likeness (QED) is 0.777. The summed E-state index contributed by atoms with van der Waals surface area (Å²) in [7, 11) is 1.65. The zero-order chi connectivity index (χ0) is 11.4. The van der Waals surface area contributed by atoms with Crippen molar-refractivity contribution in [1.82, 2.24) is 10.2 Å². The maximum Gasteiger partial charge on any atom is 0.317 e. The predicted molar refractivity (Wildman–Crippen MR) is 61.2 cm³/mol. The second kappa shape index (κ2) is 4.99. The maximum absolute atomic E-state index is 11.5. The molecule has 0 spiro atoms. The molecule has 2 rings (SSSR count). The summed E-state index contributed by atoms with van der Waals surface area (Å²) in [6.07, 6.45) is -0.00718. The zero-order valence-electron chi connectivity index (χ0n) is 9.35. The Labute approximate surface area is 95.2 Å². The molecule has 1 atom stereocenters. The molecule has 1 N–H and O–H groups in total. The monoisotopic (exact) mass is 220 g/mol. The molecule has 0 bridgehead atoms. The highest BCUT2D eigenvalue weighted by Gasteiger charge is 2.24. The minimum absolute atomic E-state index is 0.00718. The van der Waals surface area contributed by atoms with E-state index in [1.165, 1.54) is 0 Å². The van der Waals surface area contributed by atoms with Gasteiger partial charge in [0.25, 0.3) is 0 Å². The molecule has 1 unspecified atom stereocenters. The van der Waals surface area contributed by atoms with E-state index in [9.17, 15) is 4.79 Å². The lowest BCUT2D eigenvalue weighted by atomic mass is 10.1. The van der Waals surface area contributed by atoms with Crippen LogP contribution in [0.15, 0.2) is 30.3 Å². The molecular formula is C12H16N2O2. The van der Waals surface area contributed by atoms with Crippen LogP contribution < -0.4 is 5.32 Å². The van der Waals surface area contributed by atoms with Gasteiger partial charge in [-0.1, -0.05) is 30.3 Å². The first-order valence-electron chi connectivity index (χ1n) is 5.44. The van der Waals surface area contributed by atoms with E-state index in [0.29, 0.717) is 19.7 Å². The van der Waals surface area contributed by atoms with Crippen molar-refractivity contribution in [3.63, 3.8) is 0 Å². The molecule has 0 saturated carbocycles. The zero-order valence-corrected chi connectivity index (χ0v) is 9.35. The Morgan fingerprint density at radius 3 is 2.88 bits per heavy atom. The number of carbonyl (C=O) groups excluding carboxylic acids is 1. The molecule has 1 aromatic carbocycles. The van der Waals surface area contributed by atoms with Gasteiger partial charge in [-0.15, -0.1) is 0 Å². The number of hydrogen-bond donors (Lipinski definition) is 1. The third-order valence-corrected chi connectivity index (χ3v) is 2.74. The third-order valence-electron chi connectivity index (χ3n) is 2.74. The smallest absolute Gasteiger partial charge is 0.317 e. The van der Waals surface area contributed by atoms with E-state index < -0.39 is 0 Å². The maximum atomic E-state index is 11.5. The summed E-state index contributed by atoms with van der Waals surface area (Å²) < 4.78 is 5.67. The summed E-state index contributed by atoms with van der Waals surface area (Å²) in [5.74, 6) is 0. The minimum atomic E-state index is -0.0377. The molecule has 0 aliphatic carbocycles.